The maximum atomic E-state index is 13.8. The minimum Gasteiger partial charge on any atom is -0.493 e. The summed E-state index contributed by atoms with van der Waals surface area (Å²) < 4.78 is 75.3. The first-order chi connectivity index (χ1) is 22.6. The fourth-order valence-corrected chi connectivity index (χ4v) is 6.93. The summed E-state index contributed by atoms with van der Waals surface area (Å²) in [4.78, 5) is 0.162. The summed E-state index contributed by atoms with van der Waals surface area (Å²) in [5.74, 6) is 0.514. The number of halogens is 4. The molecule has 10 heteroatoms. The molecule has 5 aromatic rings. The Balaban J connectivity index is 1.29. The van der Waals surface area contributed by atoms with Gasteiger partial charge in [-0.1, -0.05) is 109 Å². The summed E-state index contributed by atoms with van der Waals surface area (Å²) in [5, 5.41) is 3.22. The van der Waals surface area contributed by atoms with Crippen LogP contribution < -0.4 is 14.8 Å². The molecular weight excluding hydrogens is 645 g/mol. The van der Waals surface area contributed by atoms with Crippen LogP contribution in [0.2, 0.25) is 5.02 Å². The molecule has 2 N–H and O–H groups in total. The second kappa shape index (κ2) is 15.1. The highest BCUT2D eigenvalue weighted by Gasteiger charge is 2.38. The van der Waals surface area contributed by atoms with Crippen LogP contribution in [-0.4, -0.2) is 28.1 Å². The van der Waals surface area contributed by atoms with E-state index in [9.17, 15) is 21.6 Å². The third-order valence-electron chi connectivity index (χ3n) is 7.86. The third kappa shape index (κ3) is 8.54. The van der Waals surface area contributed by atoms with Crippen LogP contribution in [0.1, 0.15) is 28.7 Å². The van der Waals surface area contributed by atoms with E-state index in [0.29, 0.717) is 43.1 Å². The second-order valence-corrected chi connectivity index (χ2v) is 13.2. The molecule has 244 valence electrons. The maximum Gasteiger partial charge on any atom is 0.417 e. The fraction of sp³-hybridized carbons (Fsp3) is 0.189. The largest absolute Gasteiger partial charge is 0.493 e. The molecule has 0 aromatic heterocycles. The number of hydrogen-bond acceptors (Lipinski definition) is 4. The Kier molecular flexibility index (Phi) is 10.9. The number of benzene rings is 5. The van der Waals surface area contributed by atoms with E-state index in [1.54, 1.807) is 48.5 Å². The predicted octanol–water partition coefficient (Wildman–Crippen LogP) is 8.75. The predicted molar refractivity (Wildman–Crippen MR) is 180 cm³/mol. The molecule has 0 aliphatic rings. The van der Waals surface area contributed by atoms with Crippen LogP contribution >= 0.6 is 11.6 Å². The van der Waals surface area contributed by atoms with Crippen molar-refractivity contribution < 1.29 is 26.3 Å². The highest BCUT2D eigenvalue weighted by Crippen LogP contribution is 2.41. The molecule has 5 aromatic carbocycles. The Morgan fingerprint density at radius 1 is 0.723 bits per heavy atom. The lowest BCUT2D eigenvalue weighted by molar-refractivity contribution is -0.137. The van der Waals surface area contributed by atoms with Crippen LogP contribution in [0.15, 0.2) is 138 Å². The number of ether oxygens (including phenoxy) is 1. The topological polar surface area (TPSA) is 67.4 Å². The lowest BCUT2D eigenvalue weighted by Gasteiger charge is -2.36. The number of hydrogen-bond donors (Lipinski definition) is 2. The molecule has 0 unspecified atom stereocenters. The molecule has 0 aliphatic carbocycles. The fourth-order valence-electron chi connectivity index (χ4n) is 5.56. The minimum atomic E-state index is -4.57. The van der Waals surface area contributed by atoms with Gasteiger partial charge in [0, 0.05) is 18.0 Å². The number of sulfonamides is 1. The first kappa shape index (κ1) is 34.0. The van der Waals surface area contributed by atoms with Crippen molar-refractivity contribution in [2.24, 2.45) is 0 Å². The monoisotopic (exact) mass is 678 g/mol. The highest BCUT2D eigenvalue weighted by atomic mass is 35.5. The van der Waals surface area contributed by atoms with Crippen LogP contribution in [-0.2, 0) is 28.0 Å². The van der Waals surface area contributed by atoms with Crippen molar-refractivity contribution in [2.75, 3.05) is 24.4 Å². The lowest BCUT2D eigenvalue weighted by atomic mass is 9.70. The molecule has 5 nitrogen and oxygen atoms in total. The van der Waals surface area contributed by atoms with Crippen LogP contribution in [0, 0.1) is 0 Å². The summed E-state index contributed by atoms with van der Waals surface area (Å²) in [6.45, 7) is 1.33. The molecule has 0 heterocycles. The van der Waals surface area contributed by atoms with Crippen molar-refractivity contribution in [1.82, 2.24) is 5.32 Å². The van der Waals surface area contributed by atoms with Gasteiger partial charge in [-0.15, -0.1) is 0 Å². The molecule has 5 rings (SSSR count). The summed E-state index contributed by atoms with van der Waals surface area (Å²) in [6, 6.07) is 38.3. The molecule has 0 saturated carbocycles. The van der Waals surface area contributed by atoms with Gasteiger partial charge in [-0.05, 0) is 66.4 Å². The highest BCUT2D eigenvalue weighted by molar-refractivity contribution is 7.92. The van der Waals surface area contributed by atoms with Crippen molar-refractivity contribution in [3.05, 3.63) is 161 Å². The second-order valence-electron chi connectivity index (χ2n) is 11.1. The van der Waals surface area contributed by atoms with E-state index in [1.165, 1.54) is 18.2 Å². The minimum absolute atomic E-state index is 0.162. The van der Waals surface area contributed by atoms with E-state index in [4.69, 9.17) is 16.3 Å². The number of rotatable bonds is 14. The van der Waals surface area contributed by atoms with E-state index < -0.39 is 27.2 Å². The zero-order chi connectivity index (χ0) is 33.3. The van der Waals surface area contributed by atoms with Gasteiger partial charge in [0.05, 0.1) is 27.8 Å². The number of nitrogens with one attached hydrogen (secondary N) is 2. The maximum absolute atomic E-state index is 13.8. The van der Waals surface area contributed by atoms with Gasteiger partial charge in [0.25, 0.3) is 10.0 Å². The van der Waals surface area contributed by atoms with Gasteiger partial charge < -0.3 is 10.1 Å². The summed E-state index contributed by atoms with van der Waals surface area (Å²) in [7, 11) is -3.74. The molecular formula is C37H34ClF3N2O3S. The molecule has 0 bridgehead atoms. The lowest BCUT2D eigenvalue weighted by Crippen LogP contribution is -2.42. The van der Waals surface area contributed by atoms with Gasteiger partial charge in [0.1, 0.15) is 5.75 Å². The quantitative estimate of drug-likeness (QED) is 0.115. The zero-order valence-electron chi connectivity index (χ0n) is 25.4. The summed E-state index contributed by atoms with van der Waals surface area (Å²) in [5.41, 5.74) is 1.09. The Hall–Kier alpha value is -4.31. The normalized spacial score (nSPS) is 12.1. The van der Waals surface area contributed by atoms with E-state index in [0.717, 1.165) is 17.2 Å². The van der Waals surface area contributed by atoms with Crippen LogP contribution in [0.3, 0.4) is 0 Å². The van der Waals surface area contributed by atoms with Gasteiger partial charge in [-0.25, -0.2) is 8.42 Å². The molecule has 47 heavy (non-hydrogen) atoms. The van der Waals surface area contributed by atoms with Crippen molar-refractivity contribution in [3.63, 3.8) is 0 Å². The van der Waals surface area contributed by atoms with Crippen LogP contribution in [0.5, 0.6) is 5.75 Å². The first-order valence-electron chi connectivity index (χ1n) is 15.1. The van der Waals surface area contributed by atoms with Gasteiger partial charge in [0.2, 0.25) is 0 Å². The summed E-state index contributed by atoms with van der Waals surface area (Å²) >= 11 is 6.42. The van der Waals surface area contributed by atoms with E-state index >= 15 is 0 Å². The third-order valence-corrected chi connectivity index (χ3v) is 9.71. The Labute approximate surface area is 278 Å². The Bertz CT molecular complexity index is 1820. The number of anilines is 1. The average Bonchev–Trinajstić information content (AvgIpc) is 3.07. The molecule has 0 aliphatic heterocycles. The van der Waals surface area contributed by atoms with Crippen molar-refractivity contribution in [1.29, 1.82) is 0 Å². The van der Waals surface area contributed by atoms with E-state index in [2.05, 4.69) is 10.0 Å². The van der Waals surface area contributed by atoms with E-state index in [1.807, 2.05) is 60.7 Å². The van der Waals surface area contributed by atoms with Crippen molar-refractivity contribution >= 4 is 27.3 Å². The molecule has 0 fully saturated rings. The molecule has 0 radical (unpaired) electrons. The average molecular weight is 679 g/mol. The molecule has 0 amide bonds. The van der Waals surface area contributed by atoms with Crippen LogP contribution in [0.4, 0.5) is 18.9 Å². The van der Waals surface area contributed by atoms with Crippen LogP contribution in [0.25, 0.3) is 0 Å². The Morgan fingerprint density at radius 2 is 1.32 bits per heavy atom. The van der Waals surface area contributed by atoms with E-state index in [-0.39, 0.29) is 16.3 Å². The van der Waals surface area contributed by atoms with Gasteiger partial charge in [-0.2, -0.15) is 13.2 Å². The number of alkyl halides is 3. The molecule has 0 spiro atoms. The molecule has 0 saturated heterocycles. The Morgan fingerprint density at radius 3 is 1.94 bits per heavy atom. The summed E-state index contributed by atoms with van der Waals surface area (Å²) in [6.07, 6.45) is -3.72. The van der Waals surface area contributed by atoms with Gasteiger partial charge in [-0.3, -0.25) is 4.72 Å². The SMILES string of the molecule is O=S(=O)(Nc1cccc(OCCCNCC(Cc2cccc(C(F)(F)F)c2Cl)(c2ccccc2)c2ccccc2)c1)c1ccccc1. The smallest absolute Gasteiger partial charge is 0.417 e. The van der Waals surface area contributed by atoms with Gasteiger partial charge >= 0.3 is 6.18 Å². The van der Waals surface area contributed by atoms with Crippen molar-refractivity contribution in [2.45, 2.75) is 29.3 Å². The first-order valence-corrected chi connectivity index (χ1v) is 16.9. The molecule has 0 atom stereocenters. The van der Waals surface area contributed by atoms with Crippen molar-refractivity contribution in [3.8, 4) is 5.75 Å². The zero-order valence-corrected chi connectivity index (χ0v) is 27.0. The standard InChI is InChI=1S/C37H34ClF3N2O3S/c38-35-28(13-10-22-34(35)37(39,40)41)26-36(29-14-4-1-5-15-29,30-16-6-2-7-17-30)27-42-23-12-24-46-32-19-11-18-31(25-32)43-47(44,45)33-20-8-3-9-21-33/h1-11,13-22,25,42-43H,12,23-24,26-27H2. The van der Waals surface area contributed by atoms with Gasteiger partial charge in [0.15, 0.2) is 0 Å².